The second-order valence-corrected chi connectivity index (χ2v) is 6.25. The minimum atomic E-state index is 0.00614. The summed E-state index contributed by atoms with van der Waals surface area (Å²) in [6, 6.07) is 16.3. The molecule has 2 aromatic heterocycles. The van der Waals surface area contributed by atoms with Gasteiger partial charge in [0.15, 0.2) is 11.5 Å². The number of fused-ring (bicyclic) bond motifs is 1. The summed E-state index contributed by atoms with van der Waals surface area (Å²) < 4.78 is 7.71. The van der Waals surface area contributed by atoms with E-state index in [1.54, 1.807) is 7.11 Å². The maximum Gasteiger partial charge on any atom is 0.160 e. The van der Waals surface area contributed by atoms with Crippen LogP contribution in [0, 0.1) is 5.92 Å². The molecule has 1 aromatic carbocycles. The van der Waals surface area contributed by atoms with Crippen molar-refractivity contribution in [1.82, 2.24) is 19.9 Å². The first-order chi connectivity index (χ1) is 11.7. The van der Waals surface area contributed by atoms with Gasteiger partial charge in [-0.05, 0) is 23.6 Å². The van der Waals surface area contributed by atoms with Crippen LogP contribution in [0.2, 0.25) is 0 Å². The van der Waals surface area contributed by atoms with Crippen LogP contribution in [0.3, 0.4) is 0 Å². The minimum Gasteiger partial charge on any atom is -0.375 e. The Bertz CT molecular complexity index is 769. The lowest BCUT2D eigenvalue weighted by molar-refractivity contribution is 0.0969. The number of hydrogen-bond donors (Lipinski definition) is 1. The number of methoxy groups -OCH3 is 1. The highest BCUT2D eigenvalue weighted by atomic mass is 16.5. The molecule has 2 heterocycles. The molecule has 5 heteroatoms. The molecule has 0 aliphatic heterocycles. The van der Waals surface area contributed by atoms with Crippen LogP contribution in [0.5, 0.6) is 0 Å². The molecule has 0 unspecified atom stereocenters. The molecule has 0 aliphatic carbocycles. The average molecular weight is 324 g/mol. The van der Waals surface area contributed by atoms with Crippen LogP contribution < -0.4 is 5.32 Å². The second-order valence-electron chi connectivity index (χ2n) is 6.25. The van der Waals surface area contributed by atoms with Gasteiger partial charge in [0, 0.05) is 19.9 Å². The second kappa shape index (κ2) is 7.55. The van der Waals surface area contributed by atoms with Gasteiger partial charge >= 0.3 is 0 Å². The van der Waals surface area contributed by atoms with E-state index in [4.69, 9.17) is 4.74 Å². The van der Waals surface area contributed by atoms with Gasteiger partial charge in [-0.2, -0.15) is 0 Å². The van der Waals surface area contributed by atoms with Crippen LogP contribution in [0.4, 0.5) is 0 Å². The molecule has 0 saturated heterocycles. The molecular formula is C19H24N4O. The highest BCUT2D eigenvalue weighted by Gasteiger charge is 2.22. The van der Waals surface area contributed by atoms with Crippen LogP contribution in [-0.2, 0) is 4.74 Å². The van der Waals surface area contributed by atoms with E-state index in [-0.39, 0.29) is 12.1 Å². The summed E-state index contributed by atoms with van der Waals surface area (Å²) in [6.45, 7) is 5.09. The van der Waals surface area contributed by atoms with E-state index in [9.17, 15) is 0 Å². The maximum atomic E-state index is 5.67. The molecule has 0 fully saturated rings. The lowest BCUT2D eigenvalue weighted by atomic mass is 10.0. The summed E-state index contributed by atoms with van der Waals surface area (Å²) in [7, 11) is 1.75. The van der Waals surface area contributed by atoms with E-state index in [0.29, 0.717) is 12.5 Å². The molecular weight excluding hydrogens is 300 g/mol. The Labute approximate surface area is 142 Å². The quantitative estimate of drug-likeness (QED) is 0.724. The molecule has 2 atom stereocenters. The summed E-state index contributed by atoms with van der Waals surface area (Å²) in [5, 5.41) is 12.3. The van der Waals surface area contributed by atoms with E-state index in [1.165, 1.54) is 5.56 Å². The van der Waals surface area contributed by atoms with Crippen LogP contribution in [0.25, 0.3) is 5.65 Å². The highest BCUT2D eigenvalue weighted by Crippen LogP contribution is 2.23. The lowest BCUT2D eigenvalue weighted by Crippen LogP contribution is -2.31. The summed E-state index contributed by atoms with van der Waals surface area (Å²) >= 11 is 0. The number of ether oxygens (including phenoxy) is 1. The Kier molecular flexibility index (Phi) is 5.23. The molecule has 5 nitrogen and oxygen atoms in total. The highest BCUT2D eigenvalue weighted by molar-refractivity contribution is 5.37. The average Bonchev–Trinajstić information content (AvgIpc) is 3.03. The van der Waals surface area contributed by atoms with Gasteiger partial charge in [0.05, 0.1) is 12.1 Å². The molecule has 1 N–H and O–H groups in total. The fraction of sp³-hybridized carbons (Fsp3) is 0.368. The zero-order valence-electron chi connectivity index (χ0n) is 14.4. The normalized spacial score (nSPS) is 14.2. The number of aromatic nitrogens is 3. The molecule has 3 aromatic rings. The number of rotatable bonds is 7. The monoisotopic (exact) mass is 324 g/mol. The molecule has 0 radical (unpaired) electrons. The fourth-order valence-corrected chi connectivity index (χ4v) is 2.94. The smallest absolute Gasteiger partial charge is 0.160 e. The van der Waals surface area contributed by atoms with Gasteiger partial charge < -0.3 is 10.1 Å². The number of nitrogens with one attached hydrogen (secondary N) is 1. The zero-order valence-corrected chi connectivity index (χ0v) is 14.4. The number of hydrogen-bond acceptors (Lipinski definition) is 4. The first-order valence-electron chi connectivity index (χ1n) is 8.31. The largest absolute Gasteiger partial charge is 0.375 e. The van der Waals surface area contributed by atoms with E-state index in [2.05, 4.69) is 41.5 Å². The Morgan fingerprint density at radius 2 is 1.79 bits per heavy atom. The Morgan fingerprint density at radius 1 is 1.04 bits per heavy atom. The topological polar surface area (TPSA) is 51.5 Å². The third kappa shape index (κ3) is 3.47. The molecule has 126 valence electrons. The molecule has 0 amide bonds. The third-order valence-corrected chi connectivity index (χ3v) is 4.26. The van der Waals surface area contributed by atoms with Crippen molar-refractivity contribution >= 4 is 5.65 Å². The van der Waals surface area contributed by atoms with Crippen molar-refractivity contribution in [2.75, 3.05) is 13.7 Å². The van der Waals surface area contributed by atoms with Gasteiger partial charge in [0.25, 0.3) is 0 Å². The summed E-state index contributed by atoms with van der Waals surface area (Å²) in [4.78, 5) is 0. The first-order valence-corrected chi connectivity index (χ1v) is 8.31. The van der Waals surface area contributed by atoms with Gasteiger partial charge in [-0.25, -0.2) is 0 Å². The predicted octanol–water partition coefficient (Wildman–Crippen LogP) is 3.40. The molecule has 0 spiro atoms. The third-order valence-electron chi connectivity index (χ3n) is 4.26. The Balaban J connectivity index is 1.79. The Hall–Kier alpha value is -2.24. The summed E-state index contributed by atoms with van der Waals surface area (Å²) in [5.41, 5.74) is 2.03. The van der Waals surface area contributed by atoms with Gasteiger partial charge in [0.2, 0.25) is 0 Å². The predicted molar refractivity (Wildman–Crippen MR) is 94.8 cm³/mol. The Morgan fingerprint density at radius 3 is 2.50 bits per heavy atom. The standard InChI is InChI=1S/C19H24N4O/c1-14(2)18(19-22-21-17-11-7-8-12-23(17)19)20-13-16(24-3)15-9-5-4-6-10-15/h4-12,14,16,18,20H,13H2,1-3H3/t16-,18-/m0/s1. The van der Waals surface area contributed by atoms with Crippen LogP contribution in [-0.4, -0.2) is 28.3 Å². The van der Waals surface area contributed by atoms with Crippen LogP contribution in [0.15, 0.2) is 54.7 Å². The zero-order chi connectivity index (χ0) is 16.9. The molecule has 0 saturated carbocycles. The van der Waals surface area contributed by atoms with Gasteiger partial charge in [0.1, 0.15) is 0 Å². The molecule has 24 heavy (non-hydrogen) atoms. The number of nitrogens with zero attached hydrogens (tertiary/aromatic N) is 3. The maximum absolute atomic E-state index is 5.67. The van der Waals surface area contributed by atoms with Crippen molar-refractivity contribution < 1.29 is 4.74 Å². The van der Waals surface area contributed by atoms with Crippen molar-refractivity contribution in [3.05, 3.63) is 66.1 Å². The fourth-order valence-electron chi connectivity index (χ4n) is 2.94. The molecule has 0 bridgehead atoms. The van der Waals surface area contributed by atoms with Crippen molar-refractivity contribution in [2.24, 2.45) is 5.92 Å². The molecule has 0 aliphatic rings. The molecule has 3 rings (SSSR count). The van der Waals surface area contributed by atoms with E-state index < -0.39 is 0 Å². The van der Waals surface area contributed by atoms with Crippen LogP contribution >= 0.6 is 0 Å². The lowest BCUT2D eigenvalue weighted by Gasteiger charge is -2.24. The van der Waals surface area contributed by atoms with Gasteiger partial charge in [-0.1, -0.05) is 50.2 Å². The van der Waals surface area contributed by atoms with E-state index in [1.807, 2.05) is 47.0 Å². The van der Waals surface area contributed by atoms with Crippen molar-refractivity contribution in [1.29, 1.82) is 0 Å². The summed E-state index contributed by atoms with van der Waals surface area (Å²) in [5.74, 6) is 1.31. The van der Waals surface area contributed by atoms with E-state index >= 15 is 0 Å². The van der Waals surface area contributed by atoms with Crippen molar-refractivity contribution in [3.63, 3.8) is 0 Å². The van der Waals surface area contributed by atoms with Crippen LogP contribution in [0.1, 0.15) is 37.4 Å². The minimum absolute atomic E-state index is 0.00614. The van der Waals surface area contributed by atoms with Gasteiger partial charge in [-0.3, -0.25) is 4.40 Å². The van der Waals surface area contributed by atoms with E-state index in [0.717, 1.165) is 11.5 Å². The van der Waals surface area contributed by atoms with Crippen molar-refractivity contribution in [2.45, 2.75) is 26.0 Å². The summed E-state index contributed by atoms with van der Waals surface area (Å²) in [6.07, 6.45) is 2.01. The first kappa shape index (κ1) is 16.6. The number of pyridine rings is 1. The number of benzene rings is 1. The van der Waals surface area contributed by atoms with Crippen molar-refractivity contribution in [3.8, 4) is 0 Å². The van der Waals surface area contributed by atoms with Gasteiger partial charge in [-0.15, -0.1) is 10.2 Å². The SMILES string of the molecule is CO[C@@H](CN[C@H](c1nnc2ccccn12)C(C)C)c1ccccc1.